The summed E-state index contributed by atoms with van der Waals surface area (Å²) in [5.41, 5.74) is 0.355. The Labute approximate surface area is 99.7 Å². The lowest BCUT2D eigenvalue weighted by atomic mass is 10.2. The number of benzene rings is 1. The Morgan fingerprint density at radius 2 is 2.24 bits per heavy atom. The molecule has 0 unspecified atom stereocenters. The van der Waals surface area contributed by atoms with Gasteiger partial charge in [0.1, 0.15) is 0 Å². The molecule has 0 aliphatic rings. The number of para-hydroxylation sites is 1. The lowest BCUT2D eigenvalue weighted by Crippen LogP contribution is -2.28. The predicted octanol–water partition coefficient (Wildman–Crippen LogP) is 1.02. The molecular weight excluding hydrogens is 222 g/mol. The number of amides is 1. The first-order chi connectivity index (χ1) is 8.22. The van der Waals surface area contributed by atoms with Gasteiger partial charge in [-0.05, 0) is 19.1 Å². The second-order valence-corrected chi connectivity index (χ2v) is 3.24. The van der Waals surface area contributed by atoms with Gasteiger partial charge in [-0.15, -0.1) is 0 Å². The summed E-state index contributed by atoms with van der Waals surface area (Å²) >= 11 is 0. The van der Waals surface area contributed by atoms with Crippen LogP contribution in [0.15, 0.2) is 18.2 Å². The molecule has 1 N–H and O–H groups in total. The smallest absolute Gasteiger partial charge is 0.257 e. The molecule has 0 saturated carbocycles. The number of carbonyl (C=O) groups excluding carboxylic acids is 2. The zero-order valence-electron chi connectivity index (χ0n) is 9.86. The number of ether oxygens (including phenoxy) is 2. The zero-order valence-corrected chi connectivity index (χ0v) is 9.86. The number of hydrogen-bond donors (Lipinski definition) is 1. The fraction of sp³-hybridized carbons (Fsp3) is 0.333. The SMILES string of the molecule is CCNC(=O)COc1c(C=O)cccc1OC. The Morgan fingerprint density at radius 1 is 1.47 bits per heavy atom. The van der Waals surface area contributed by atoms with E-state index < -0.39 is 0 Å². The third-order valence-electron chi connectivity index (χ3n) is 2.08. The lowest BCUT2D eigenvalue weighted by Gasteiger charge is -2.11. The molecule has 1 aromatic carbocycles. The number of likely N-dealkylation sites (N-methyl/N-ethyl adjacent to an activating group) is 1. The quantitative estimate of drug-likeness (QED) is 0.750. The standard InChI is InChI=1S/C12H15NO4/c1-3-13-11(15)8-17-12-9(7-14)5-4-6-10(12)16-2/h4-7H,3,8H2,1-2H3,(H,13,15). The second-order valence-electron chi connectivity index (χ2n) is 3.24. The fourth-order valence-corrected chi connectivity index (χ4v) is 1.33. The molecule has 0 heterocycles. The van der Waals surface area contributed by atoms with E-state index in [9.17, 15) is 9.59 Å². The van der Waals surface area contributed by atoms with Crippen LogP contribution in [0.3, 0.4) is 0 Å². The molecule has 0 aromatic heterocycles. The molecule has 0 aliphatic heterocycles. The Balaban J connectivity index is 2.81. The van der Waals surface area contributed by atoms with Crippen molar-refractivity contribution in [2.75, 3.05) is 20.3 Å². The molecule has 1 rings (SSSR count). The van der Waals surface area contributed by atoms with Gasteiger partial charge in [0.15, 0.2) is 24.4 Å². The van der Waals surface area contributed by atoms with E-state index in [0.717, 1.165) is 0 Å². The highest BCUT2D eigenvalue weighted by Crippen LogP contribution is 2.29. The summed E-state index contributed by atoms with van der Waals surface area (Å²) in [6.07, 6.45) is 0.662. The Bertz CT molecular complexity index is 403. The maximum Gasteiger partial charge on any atom is 0.257 e. The summed E-state index contributed by atoms with van der Waals surface area (Å²) in [5.74, 6) is 0.477. The second kappa shape index (κ2) is 6.52. The van der Waals surface area contributed by atoms with Crippen LogP contribution in [0, 0.1) is 0 Å². The van der Waals surface area contributed by atoms with E-state index in [1.807, 2.05) is 6.92 Å². The number of carbonyl (C=O) groups is 2. The Morgan fingerprint density at radius 3 is 2.82 bits per heavy atom. The number of methoxy groups -OCH3 is 1. The summed E-state index contributed by atoms with van der Waals surface area (Å²) in [4.78, 5) is 22.1. The predicted molar refractivity (Wildman–Crippen MR) is 62.6 cm³/mol. The normalized spacial score (nSPS) is 9.53. The summed E-state index contributed by atoms with van der Waals surface area (Å²) in [5, 5.41) is 2.60. The van der Waals surface area contributed by atoms with Gasteiger partial charge in [0.25, 0.3) is 5.91 Å². The van der Waals surface area contributed by atoms with Crippen molar-refractivity contribution in [1.29, 1.82) is 0 Å². The van der Waals surface area contributed by atoms with E-state index in [4.69, 9.17) is 9.47 Å². The number of rotatable bonds is 6. The molecule has 0 radical (unpaired) electrons. The van der Waals surface area contributed by atoms with E-state index in [-0.39, 0.29) is 18.3 Å². The van der Waals surface area contributed by atoms with Gasteiger partial charge in [-0.2, -0.15) is 0 Å². The molecule has 0 bridgehead atoms. The zero-order chi connectivity index (χ0) is 12.7. The van der Waals surface area contributed by atoms with Crippen LogP contribution in [0.2, 0.25) is 0 Å². The first-order valence-electron chi connectivity index (χ1n) is 5.24. The molecule has 0 fully saturated rings. The van der Waals surface area contributed by atoms with Gasteiger partial charge in [-0.3, -0.25) is 9.59 Å². The Hall–Kier alpha value is -2.04. The minimum atomic E-state index is -0.241. The van der Waals surface area contributed by atoms with Crippen molar-refractivity contribution in [3.05, 3.63) is 23.8 Å². The van der Waals surface area contributed by atoms with Crippen LogP contribution in [-0.4, -0.2) is 32.5 Å². The van der Waals surface area contributed by atoms with Crippen molar-refractivity contribution in [2.24, 2.45) is 0 Å². The van der Waals surface area contributed by atoms with Gasteiger partial charge in [0, 0.05) is 6.54 Å². The highest BCUT2D eigenvalue weighted by atomic mass is 16.5. The van der Waals surface area contributed by atoms with Crippen molar-refractivity contribution in [3.63, 3.8) is 0 Å². The molecular formula is C12H15NO4. The van der Waals surface area contributed by atoms with Gasteiger partial charge in [-0.1, -0.05) is 6.07 Å². The van der Waals surface area contributed by atoms with Crippen LogP contribution < -0.4 is 14.8 Å². The first kappa shape index (κ1) is 13.0. The van der Waals surface area contributed by atoms with Crippen molar-refractivity contribution in [1.82, 2.24) is 5.32 Å². The minimum absolute atomic E-state index is 0.144. The summed E-state index contributed by atoms with van der Waals surface area (Å²) in [6, 6.07) is 4.95. The molecule has 0 spiro atoms. The highest BCUT2D eigenvalue weighted by molar-refractivity contribution is 5.82. The molecule has 1 amide bonds. The highest BCUT2D eigenvalue weighted by Gasteiger charge is 2.11. The van der Waals surface area contributed by atoms with Crippen molar-refractivity contribution in [2.45, 2.75) is 6.92 Å². The van der Waals surface area contributed by atoms with E-state index in [0.29, 0.717) is 24.1 Å². The van der Waals surface area contributed by atoms with Crippen molar-refractivity contribution >= 4 is 12.2 Å². The molecule has 17 heavy (non-hydrogen) atoms. The monoisotopic (exact) mass is 237 g/mol. The number of nitrogens with one attached hydrogen (secondary N) is 1. The largest absolute Gasteiger partial charge is 0.493 e. The van der Waals surface area contributed by atoms with Gasteiger partial charge in [0.05, 0.1) is 12.7 Å². The van der Waals surface area contributed by atoms with Crippen molar-refractivity contribution in [3.8, 4) is 11.5 Å². The maximum atomic E-state index is 11.3. The van der Waals surface area contributed by atoms with Crippen LogP contribution >= 0.6 is 0 Å². The van der Waals surface area contributed by atoms with Crippen LogP contribution in [0.4, 0.5) is 0 Å². The third kappa shape index (κ3) is 3.48. The average Bonchev–Trinajstić information content (AvgIpc) is 2.36. The minimum Gasteiger partial charge on any atom is -0.493 e. The average molecular weight is 237 g/mol. The molecule has 0 saturated heterocycles. The molecule has 92 valence electrons. The molecule has 0 aliphatic carbocycles. The Kier molecular flexibility index (Phi) is 5.00. The fourth-order valence-electron chi connectivity index (χ4n) is 1.33. The molecule has 5 heteroatoms. The third-order valence-corrected chi connectivity index (χ3v) is 2.08. The first-order valence-corrected chi connectivity index (χ1v) is 5.24. The number of hydrogen-bond acceptors (Lipinski definition) is 4. The lowest BCUT2D eigenvalue weighted by molar-refractivity contribution is -0.123. The molecule has 1 aromatic rings. The van der Waals surface area contributed by atoms with E-state index in [1.54, 1.807) is 18.2 Å². The van der Waals surface area contributed by atoms with Crippen LogP contribution in [0.5, 0.6) is 11.5 Å². The number of aldehydes is 1. The van der Waals surface area contributed by atoms with E-state index >= 15 is 0 Å². The maximum absolute atomic E-state index is 11.3. The van der Waals surface area contributed by atoms with Gasteiger partial charge in [0.2, 0.25) is 0 Å². The van der Waals surface area contributed by atoms with Crippen LogP contribution in [-0.2, 0) is 4.79 Å². The van der Waals surface area contributed by atoms with Gasteiger partial charge in [-0.25, -0.2) is 0 Å². The van der Waals surface area contributed by atoms with Crippen LogP contribution in [0.1, 0.15) is 17.3 Å². The van der Waals surface area contributed by atoms with Crippen LogP contribution in [0.25, 0.3) is 0 Å². The van der Waals surface area contributed by atoms with Gasteiger partial charge < -0.3 is 14.8 Å². The molecule has 5 nitrogen and oxygen atoms in total. The summed E-state index contributed by atoms with van der Waals surface area (Å²) < 4.78 is 10.4. The topological polar surface area (TPSA) is 64.6 Å². The summed E-state index contributed by atoms with van der Waals surface area (Å²) in [6.45, 7) is 2.21. The molecule has 0 atom stereocenters. The van der Waals surface area contributed by atoms with Gasteiger partial charge >= 0.3 is 0 Å². The van der Waals surface area contributed by atoms with E-state index in [1.165, 1.54) is 7.11 Å². The summed E-state index contributed by atoms with van der Waals surface area (Å²) in [7, 11) is 1.48. The van der Waals surface area contributed by atoms with E-state index in [2.05, 4.69) is 5.32 Å². The van der Waals surface area contributed by atoms with Crippen molar-refractivity contribution < 1.29 is 19.1 Å².